The highest BCUT2D eigenvalue weighted by molar-refractivity contribution is 5.85. The van der Waals surface area contributed by atoms with Crippen LogP contribution in [-0.2, 0) is 17.8 Å². The second kappa shape index (κ2) is 8.62. The van der Waals surface area contributed by atoms with Gasteiger partial charge in [0, 0.05) is 38.1 Å². The molecule has 1 N–H and O–H groups in total. The van der Waals surface area contributed by atoms with Crippen LogP contribution in [0.2, 0.25) is 0 Å². The Kier molecular flexibility index (Phi) is 6.01. The van der Waals surface area contributed by atoms with Crippen molar-refractivity contribution in [1.82, 2.24) is 20.1 Å². The lowest BCUT2D eigenvalue weighted by Crippen LogP contribution is -2.55. The summed E-state index contributed by atoms with van der Waals surface area (Å²) in [5.41, 5.74) is 1.92. The SMILES string of the molecule is C[C@H](Cc1cccnc1)NC(=O)N1CCN(Cc2ccc(F)cc2)C(=O)C1. The molecule has 3 amide bonds. The van der Waals surface area contributed by atoms with Gasteiger partial charge in [0.2, 0.25) is 5.91 Å². The van der Waals surface area contributed by atoms with Crippen molar-refractivity contribution >= 4 is 11.9 Å². The fourth-order valence-electron chi connectivity index (χ4n) is 3.08. The summed E-state index contributed by atoms with van der Waals surface area (Å²) in [6.45, 7) is 3.33. The normalized spacial score (nSPS) is 15.6. The van der Waals surface area contributed by atoms with E-state index in [1.54, 1.807) is 29.4 Å². The number of pyridine rings is 1. The van der Waals surface area contributed by atoms with Crippen LogP contribution in [0.3, 0.4) is 0 Å². The monoisotopic (exact) mass is 370 g/mol. The second-order valence-electron chi connectivity index (χ2n) is 6.78. The maximum absolute atomic E-state index is 13.0. The van der Waals surface area contributed by atoms with Gasteiger partial charge in [0.25, 0.3) is 0 Å². The molecule has 27 heavy (non-hydrogen) atoms. The van der Waals surface area contributed by atoms with E-state index >= 15 is 0 Å². The molecule has 142 valence electrons. The third-order valence-electron chi connectivity index (χ3n) is 4.53. The summed E-state index contributed by atoms with van der Waals surface area (Å²) in [6, 6.07) is 9.63. The van der Waals surface area contributed by atoms with Crippen LogP contribution in [0, 0.1) is 5.82 Å². The van der Waals surface area contributed by atoms with Crippen LogP contribution in [0.5, 0.6) is 0 Å². The van der Waals surface area contributed by atoms with Crippen molar-refractivity contribution in [3.05, 3.63) is 65.7 Å². The molecule has 0 saturated carbocycles. The predicted octanol–water partition coefficient (Wildman–Crippen LogP) is 2.21. The van der Waals surface area contributed by atoms with Crippen LogP contribution in [0.25, 0.3) is 0 Å². The predicted molar refractivity (Wildman–Crippen MR) is 99.3 cm³/mol. The Balaban J connectivity index is 1.48. The number of nitrogens with zero attached hydrogens (tertiary/aromatic N) is 3. The summed E-state index contributed by atoms with van der Waals surface area (Å²) in [6.07, 6.45) is 4.17. The van der Waals surface area contributed by atoms with Crippen LogP contribution < -0.4 is 5.32 Å². The highest BCUT2D eigenvalue weighted by Crippen LogP contribution is 2.11. The first-order chi connectivity index (χ1) is 13.0. The summed E-state index contributed by atoms with van der Waals surface area (Å²) in [7, 11) is 0. The fraction of sp³-hybridized carbons (Fsp3) is 0.350. The number of aromatic nitrogens is 1. The smallest absolute Gasteiger partial charge is 0.318 e. The number of urea groups is 1. The van der Waals surface area contributed by atoms with Gasteiger partial charge in [0.1, 0.15) is 12.4 Å². The van der Waals surface area contributed by atoms with E-state index < -0.39 is 0 Å². The van der Waals surface area contributed by atoms with Gasteiger partial charge in [0.15, 0.2) is 0 Å². The second-order valence-corrected chi connectivity index (χ2v) is 6.78. The van der Waals surface area contributed by atoms with Crippen molar-refractivity contribution in [3.8, 4) is 0 Å². The molecule has 3 rings (SSSR count). The van der Waals surface area contributed by atoms with E-state index in [1.165, 1.54) is 17.0 Å². The minimum atomic E-state index is -0.299. The molecule has 0 spiro atoms. The number of rotatable bonds is 5. The van der Waals surface area contributed by atoms with Gasteiger partial charge in [-0.15, -0.1) is 0 Å². The van der Waals surface area contributed by atoms with Crippen LogP contribution in [-0.4, -0.2) is 52.4 Å². The molecular formula is C20H23FN4O2. The number of halogens is 1. The molecule has 1 saturated heterocycles. The highest BCUT2D eigenvalue weighted by Gasteiger charge is 2.27. The van der Waals surface area contributed by atoms with Crippen LogP contribution >= 0.6 is 0 Å². The zero-order valence-corrected chi connectivity index (χ0v) is 15.3. The maximum atomic E-state index is 13.0. The molecule has 2 heterocycles. The zero-order chi connectivity index (χ0) is 19.2. The summed E-state index contributed by atoms with van der Waals surface area (Å²) in [5.74, 6) is -0.410. The van der Waals surface area contributed by atoms with Gasteiger partial charge < -0.3 is 15.1 Å². The van der Waals surface area contributed by atoms with E-state index in [0.29, 0.717) is 26.1 Å². The van der Waals surface area contributed by atoms with Crippen LogP contribution in [0.4, 0.5) is 9.18 Å². The number of carbonyl (C=O) groups excluding carboxylic acids is 2. The van der Waals surface area contributed by atoms with Crippen molar-refractivity contribution in [3.63, 3.8) is 0 Å². The number of carbonyl (C=O) groups is 2. The quantitative estimate of drug-likeness (QED) is 0.878. The molecule has 1 fully saturated rings. The fourth-order valence-corrected chi connectivity index (χ4v) is 3.08. The van der Waals surface area contributed by atoms with E-state index in [0.717, 1.165) is 11.1 Å². The van der Waals surface area contributed by atoms with Gasteiger partial charge in [-0.25, -0.2) is 9.18 Å². The third kappa shape index (κ3) is 5.26. The molecule has 1 aliphatic rings. The molecule has 0 radical (unpaired) electrons. The van der Waals surface area contributed by atoms with Gasteiger partial charge in [-0.2, -0.15) is 0 Å². The Morgan fingerprint density at radius 1 is 1.22 bits per heavy atom. The lowest BCUT2D eigenvalue weighted by Gasteiger charge is -2.35. The van der Waals surface area contributed by atoms with Gasteiger partial charge in [-0.1, -0.05) is 18.2 Å². The Labute approximate surface area is 158 Å². The highest BCUT2D eigenvalue weighted by atomic mass is 19.1. The van der Waals surface area contributed by atoms with E-state index in [4.69, 9.17) is 0 Å². The van der Waals surface area contributed by atoms with Crippen molar-refractivity contribution < 1.29 is 14.0 Å². The number of amides is 3. The minimum absolute atomic E-state index is 0.0483. The topological polar surface area (TPSA) is 65.5 Å². The van der Waals surface area contributed by atoms with E-state index in [-0.39, 0.29) is 30.3 Å². The standard InChI is InChI=1S/C20H23FN4O2/c1-15(11-17-3-2-8-22-12-17)23-20(27)25-10-9-24(19(26)14-25)13-16-4-6-18(21)7-5-16/h2-8,12,15H,9-11,13-14H2,1H3,(H,23,27)/t15-/m1/s1. The average molecular weight is 370 g/mol. The maximum Gasteiger partial charge on any atom is 0.318 e. The lowest BCUT2D eigenvalue weighted by molar-refractivity contribution is -0.135. The van der Waals surface area contributed by atoms with Gasteiger partial charge in [0.05, 0.1) is 0 Å². The van der Waals surface area contributed by atoms with Crippen molar-refractivity contribution in [2.24, 2.45) is 0 Å². The minimum Gasteiger partial charge on any atom is -0.335 e. The summed E-state index contributed by atoms with van der Waals surface area (Å²) in [4.78, 5) is 32.1. The molecule has 2 aromatic rings. The summed E-state index contributed by atoms with van der Waals surface area (Å²) in [5, 5.41) is 2.94. The number of hydrogen-bond acceptors (Lipinski definition) is 3. The summed E-state index contributed by atoms with van der Waals surface area (Å²) < 4.78 is 13.0. The van der Waals surface area contributed by atoms with Gasteiger partial charge >= 0.3 is 6.03 Å². The first-order valence-corrected chi connectivity index (χ1v) is 8.98. The molecular weight excluding hydrogens is 347 g/mol. The Morgan fingerprint density at radius 3 is 2.67 bits per heavy atom. The number of nitrogens with one attached hydrogen (secondary N) is 1. The van der Waals surface area contributed by atoms with Crippen molar-refractivity contribution in [2.75, 3.05) is 19.6 Å². The molecule has 1 aromatic heterocycles. The molecule has 0 unspecified atom stereocenters. The molecule has 1 atom stereocenters. The lowest BCUT2D eigenvalue weighted by atomic mass is 10.1. The average Bonchev–Trinajstić information content (AvgIpc) is 2.65. The van der Waals surface area contributed by atoms with Crippen molar-refractivity contribution in [2.45, 2.75) is 25.9 Å². The van der Waals surface area contributed by atoms with E-state index in [2.05, 4.69) is 10.3 Å². The molecule has 1 aliphatic heterocycles. The number of benzene rings is 1. The van der Waals surface area contributed by atoms with Gasteiger partial charge in [-0.3, -0.25) is 9.78 Å². The largest absolute Gasteiger partial charge is 0.335 e. The molecule has 0 aliphatic carbocycles. The summed E-state index contributed by atoms with van der Waals surface area (Å²) >= 11 is 0. The Morgan fingerprint density at radius 2 is 2.00 bits per heavy atom. The Bertz CT molecular complexity index is 782. The zero-order valence-electron chi connectivity index (χ0n) is 15.3. The number of piperazine rings is 1. The van der Waals surface area contributed by atoms with E-state index in [1.807, 2.05) is 19.1 Å². The molecule has 7 heteroatoms. The van der Waals surface area contributed by atoms with E-state index in [9.17, 15) is 14.0 Å². The Hall–Kier alpha value is -2.96. The van der Waals surface area contributed by atoms with Crippen molar-refractivity contribution in [1.29, 1.82) is 0 Å². The first-order valence-electron chi connectivity index (χ1n) is 8.98. The molecule has 1 aromatic carbocycles. The molecule has 0 bridgehead atoms. The molecule has 6 nitrogen and oxygen atoms in total. The van der Waals surface area contributed by atoms with Gasteiger partial charge in [-0.05, 0) is 42.7 Å². The first kappa shape index (κ1) is 18.8. The number of hydrogen-bond donors (Lipinski definition) is 1. The van der Waals surface area contributed by atoms with Crippen LogP contribution in [0.15, 0.2) is 48.8 Å². The van der Waals surface area contributed by atoms with Crippen LogP contribution in [0.1, 0.15) is 18.1 Å². The third-order valence-corrected chi connectivity index (χ3v) is 4.53.